The third-order valence-electron chi connectivity index (χ3n) is 3.87. The molecule has 1 aromatic rings. The maximum absolute atomic E-state index is 5.64. The first-order chi connectivity index (χ1) is 8.19. The van der Waals surface area contributed by atoms with Crippen LogP contribution in [0.5, 0.6) is 0 Å². The summed E-state index contributed by atoms with van der Waals surface area (Å²) in [5.74, 6) is 1.79. The molecular formula is C14H24N2S. The Morgan fingerprint density at radius 1 is 1.29 bits per heavy atom. The third kappa shape index (κ3) is 3.54. The zero-order valence-corrected chi connectivity index (χ0v) is 11.8. The summed E-state index contributed by atoms with van der Waals surface area (Å²) in [4.78, 5) is 5.36. The molecule has 1 saturated heterocycles. The van der Waals surface area contributed by atoms with Crippen LogP contribution in [0.15, 0.2) is 12.1 Å². The van der Waals surface area contributed by atoms with Gasteiger partial charge >= 0.3 is 0 Å². The molecule has 0 saturated carbocycles. The van der Waals surface area contributed by atoms with E-state index >= 15 is 0 Å². The molecule has 17 heavy (non-hydrogen) atoms. The quantitative estimate of drug-likeness (QED) is 0.892. The fourth-order valence-electron chi connectivity index (χ4n) is 2.62. The van der Waals surface area contributed by atoms with Gasteiger partial charge in [0.05, 0.1) is 0 Å². The molecule has 0 bridgehead atoms. The standard InChI is InChI=1S/C14H24N2S/c1-11(2)12-5-7-16(8-6-12)10-14-4-3-13(9-15)17-14/h3-4,11-12H,5-10,15H2,1-2H3. The number of rotatable bonds is 4. The Morgan fingerprint density at radius 2 is 1.94 bits per heavy atom. The molecule has 0 spiro atoms. The normalized spacial score (nSPS) is 19.1. The Bertz CT molecular complexity index is 338. The molecule has 2 heterocycles. The van der Waals surface area contributed by atoms with Crippen LogP contribution < -0.4 is 5.73 Å². The lowest BCUT2D eigenvalue weighted by Crippen LogP contribution is -2.34. The van der Waals surface area contributed by atoms with Gasteiger partial charge < -0.3 is 5.73 Å². The van der Waals surface area contributed by atoms with Crippen molar-refractivity contribution in [2.45, 2.75) is 39.8 Å². The first kappa shape index (κ1) is 13.1. The molecule has 2 nitrogen and oxygen atoms in total. The lowest BCUT2D eigenvalue weighted by atomic mass is 9.87. The van der Waals surface area contributed by atoms with E-state index in [0.717, 1.165) is 18.4 Å². The largest absolute Gasteiger partial charge is 0.326 e. The van der Waals surface area contributed by atoms with Crippen molar-refractivity contribution in [2.24, 2.45) is 17.6 Å². The molecular weight excluding hydrogens is 228 g/mol. The van der Waals surface area contributed by atoms with Crippen LogP contribution in [0.3, 0.4) is 0 Å². The number of hydrogen-bond donors (Lipinski definition) is 1. The summed E-state index contributed by atoms with van der Waals surface area (Å²) in [5.41, 5.74) is 5.64. The molecule has 2 N–H and O–H groups in total. The average Bonchev–Trinajstić information content (AvgIpc) is 2.77. The third-order valence-corrected chi connectivity index (χ3v) is 4.97. The fraction of sp³-hybridized carbons (Fsp3) is 0.714. The zero-order valence-electron chi connectivity index (χ0n) is 11.0. The number of thiophene rings is 1. The van der Waals surface area contributed by atoms with Crippen molar-refractivity contribution in [1.82, 2.24) is 4.90 Å². The van der Waals surface area contributed by atoms with Crippen molar-refractivity contribution in [3.63, 3.8) is 0 Å². The van der Waals surface area contributed by atoms with Crippen LogP contribution in [0.4, 0.5) is 0 Å². The summed E-state index contributed by atoms with van der Waals surface area (Å²) in [6, 6.07) is 4.41. The van der Waals surface area contributed by atoms with Gasteiger partial charge in [0.2, 0.25) is 0 Å². The van der Waals surface area contributed by atoms with E-state index in [1.165, 1.54) is 35.7 Å². The van der Waals surface area contributed by atoms with E-state index in [2.05, 4.69) is 30.9 Å². The zero-order chi connectivity index (χ0) is 12.3. The monoisotopic (exact) mass is 252 g/mol. The molecule has 0 aliphatic carbocycles. The van der Waals surface area contributed by atoms with Crippen molar-refractivity contribution in [1.29, 1.82) is 0 Å². The highest BCUT2D eigenvalue weighted by Crippen LogP contribution is 2.26. The van der Waals surface area contributed by atoms with Gasteiger partial charge in [0.1, 0.15) is 0 Å². The lowest BCUT2D eigenvalue weighted by molar-refractivity contribution is 0.153. The summed E-state index contributed by atoms with van der Waals surface area (Å²) in [6.45, 7) is 9.03. The van der Waals surface area contributed by atoms with Gasteiger partial charge in [0, 0.05) is 22.8 Å². The van der Waals surface area contributed by atoms with Gasteiger partial charge in [-0.15, -0.1) is 11.3 Å². The van der Waals surface area contributed by atoms with Crippen LogP contribution in [0.25, 0.3) is 0 Å². The van der Waals surface area contributed by atoms with E-state index in [-0.39, 0.29) is 0 Å². The Labute approximate surface area is 109 Å². The van der Waals surface area contributed by atoms with Crippen molar-refractivity contribution >= 4 is 11.3 Å². The van der Waals surface area contributed by atoms with Crippen molar-refractivity contribution in [3.8, 4) is 0 Å². The van der Waals surface area contributed by atoms with E-state index in [9.17, 15) is 0 Å². The topological polar surface area (TPSA) is 29.3 Å². The molecule has 1 aromatic heterocycles. The second-order valence-corrected chi connectivity index (χ2v) is 6.68. The molecule has 0 aromatic carbocycles. The van der Waals surface area contributed by atoms with E-state index in [4.69, 9.17) is 5.73 Å². The van der Waals surface area contributed by atoms with Crippen LogP contribution in [0, 0.1) is 11.8 Å². The second kappa shape index (κ2) is 5.98. The van der Waals surface area contributed by atoms with E-state index in [1.54, 1.807) is 0 Å². The van der Waals surface area contributed by atoms with Gasteiger partial charge in [-0.2, -0.15) is 0 Å². The second-order valence-electron chi connectivity index (χ2n) is 5.43. The van der Waals surface area contributed by atoms with E-state index < -0.39 is 0 Å². The highest BCUT2D eigenvalue weighted by molar-refractivity contribution is 7.11. The minimum absolute atomic E-state index is 0.681. The Kier molecular flexibility index (Phi) is 4.60. The molecule has 2 rings (SSSR count). The van der Waals surface area contributed by atoms with Gasteiger partial charge in [-0.05, 0) is 49.9 Å². The fourth-order valence-corrected chi connectivity index (χ4v) is 3.55. The predicted molar refractivity (Wildman–Crippen MR) is 75.0 cm³/mol. The number of piperidine rings is 1. The maximum atomic E-state index is 5.64. The molecule has 1 fully saturated rings. The molecule has 96 valence electrons. The Morgan fingerprint density at radius 3 is 2.47 bits per heavy atom. The average molecular weight is 252 g/mol. The first-order valence-corrected chi connectivity index (χ1v) is 7.50. The molecule has 0 amide bonds. The molecule has 0 unspecified atom stereocenters. The van der Waals surface area contributed by atoms with E-state index in [0.29, 0.717) is 6.54 Å². The molecule has 3 heteroatoms. The van der Waals surface area contributed by atoms with E-state index in [1.807, 2.05) is 11.3 Å². The molecule has 0 atom stereocenters. The van der Waals surface area contributed by atoms with Crippen molar-refractivity contribution < 1.29 is 0 Å². The smallest absolute Gasteiger partial charge is 0.0328 e. The van der Waals surface area contributed by atoms with Gasteiger partial charge in [0.15, 0.2) is 0 Å². The summed E-state index contributed by atoms with van der Waals surface area (Å²) in [7, 11) is 0. The van der Waals surface area contributed by atoms with Gasteiger partial charge in [-0.25, -0.2) is 0 Å². The molecule has 1 aliphatic heterocycles. The summed E-state index contributed by atoms with van der Waals surface area (Å²) >= 11 is 1.87. The number of hydrogen-bond acceptors (Lipinski definition) is 3. The molecule has 0 radical (unpaired) electrons. The summed E-state index contributed by atoms with van der Waals surface area (Å²) in [5, 5.41) is 0. The number of nitrogens with zero attached hydrogens (tertiary/aromatic N) is 1. The van der Waals surface area contributed by atoms with Gasteiger partial charge in [-0.3, -0.25) is 4.90 Å². The predicted octanol–water partition coefficient (Wildman–Crippen LogP) is 3.07. The SMILES string of the molecule is CC(C)C1CCN(Cc2ccc(CN)s2)CC1. The van der Waals surface area contributed by atoms with Crippen molar-refractivity contribution in [3.05, 3.63) is 21.9 Å². The van der Waals surface area contributed by atoms with Gasteiger partial charge in [-0.1, -0.05) is 13.8 Å². The maximum Gasteiger partial charge on any atom is 0.0328 e. The van der Waals surface area contributed by atoms with Crippen LogP contribution in [-0.4, -0.2) is 18.0 Å². The Balaban J connectivity index is 1.81. The highest BCUT2D eigenvalue weighted by atomic mass is 32.1. The highest BCUT2D eigenvalue weighted by Gasteiger charge is 2.21. The first-order valence-electron chi connectivity index (χ1n) is 6.69. The van der Waals surface area contributed by atoms with Crippen molar-refractivity contribution in [2.75, 3.05) is 13.1 Å². The van der Waals surface area contributed by atoms with Crippen LogP contribution >= 0.6 is 11.3 Å². The van der Waals surface area contributed by atoms with Gasteiger partial charge in [0.25, 0.3) is 0 Å². The lowest BCUT2D eigenvalue weighted by Gasteiger charge is -2.33. The number of likely N-dealkylation sites (tertiary alicyclic amines) is 1. The minimum Gasteiger partial charge on any atom is -0.326 e. The van der Waals surface area contributed by atoms with Crippen LogP contribution in [0.2, 0.25) is 0 Å². The summed E-state index contributed by atoms with van der Waals surface area (Å²) in [6.07, 6.45) is 2.74. The van der Waals surface area contributed by atoms with Crippen LogP contribution in [-0.2, 0) is 13.1 Å². The number of nitrogens with two attached hydrogens (primary N) is 1. The van der Waals surface area contributed by atoms with Crippen LogP contribution in [0.1, 0.15) is 36.4 Å². The molecule has 1 aliphatic rings. The minimum atomic E-state index is 0.681. The summed E-state index contributed by atoms with van der Waals surface area (Å²) < 4.78 is 0. The Hall–Kier alpha value is -0.380.